The van der Waals surface area contributed by atoms with Crippen LogP contribution < -0.4 is 15.4 Å². The fraction of sp³-hybridized carbons (Fsp3) is 0.0667. The first-order valence-electron chi connectivity index (χ1n) is 6.82. The second kappa shape index (κ2) is 8.11. The van der Waals surface area contributed by atoms with Crippen LogP contribution in [0, 0.1) is 0 Å². The maximum atomic E-state index is 12.4. The summed E-state index contributed by atoms with van der Waals surface area (Å²) in [5.41, 5.74) is 1.48. The number of thioether (sulfide) groups is 1. The van der Waals surface area contributed by atoms with Crippen molar-refractivity contribution in [1.82, 2.24) is 0 Å². The number of nitrogens with zero attached hydrogens (tertiary/aromatic N) is 1. The van der Waals surface area contributed by atoms with Crippen molar-refractivity contribution < 1.29 is 22.8 Å². The molecule has 0 fully saturated rings. The first kappa shape index (κ1) is 20.3. The molecule has 0 heterocycles. The molecule has 0 unspecified atom stereocenters. The van der Waals surface area contributed by atoms with Gasteiger partial charge < -0.3 is 11.1 Å². The van der Waals surface area contributed by atoms with Crippen LogP contribution in [0.5, 0.6) is 0 Å². The highest BCUT2D eigenvalue weighted by atomic mass is 35.5. The SMILES string of the molecule is NC(=O)c1ccc(N(S)C(=O)Nc2ccc(SC(F)(F)F)c(Cl)c2)cc1. The van der Waals surface area contributed by atoms with Crippen molar-refractivity contribution >= 4 is 59.5 Å². The fourth-order valence-corrected chi connectivity index (χ4v) is 2.87. The van der Waals surface area contributed by atoms with E-state index in [9.17, 15) is 22.8 Å². The van der Waals surface area contributed by atoms with Crippen molar-refractivity contribution in [2.45, 2.75) is 10.4 Å². The van der Waals surface area contributed by atoms with Gasteiger partial charge in [0, 0.05) is 16.1 Å². The monoisotopic (exact) mass is 421 g/mol. The van der Waals surface area contributed by atoms with E-state index in [1.54, 1.807) is 0 Å². The summed E-state index contributed by atoms with van der Waals surface area (Å²) in [4.78, 5) is 23.0. The summed E-state index contributed by atoms with van der Waals surface area (Å²) in [6.07, 6.45) is 0. The second-order valence-corrected chi connectivity index (χ2v) is 6.76. The third kappa shape index (κ3) is 5.48. The van der Waals surface area contributed by atoms with Gasteiger partial charge >= 0.3 is 11.5 Å². The Balaban J connectivity index is 2.09. The molecule has 3 N–H and O–H groups in total. The molecule has 138 valence electrons. The maximum Gasteiger partial charge on any atom is 0.446 e. The van der Waals surface area contributed by atoms with Crippen LogP contribution in [0.15, 0.2) is 47.4 Å². The second-order valence-electron chi connectivity index (χ2n) is 4.85. The Hall–Kier alpha value is -2.04. The molecular formula is C15H11ClF3N3O2S2. The predicted octanol–water partition coefficient (Wildman–Crippen LogP) is 4.93. The van der Waals surface area contributed by atoms with Crippen molar-refractivity contribution in [2.75, 3.05) is 9.62 Å². The van der Waals surface area contributed by atoms with Gasteiger partial charge in [-0.1, -0.05) is 24.4 Å². The minimum absolute atomic E-state index is 0.151. The van der Waals surface area contributed by atoms with Crippen LogP contribution in [0.1, 0.15) is 10.4 Å². The fourth-order valence-electron chi connectivity index (χ4n) is 1.85. The van der Waals surface area contributed by atoms with Crippen molar-refractivity contribution in [1.29, 1.82) is 0 Å². The van der Waals surface area contributed by atoms with Crippen LogP contribution in [-0.2, 0) is 0 Å². The number of carbonyl (C=O) groups excluding carboxylic acids is 2. The van der Waals surface area contributed by atoms with Crippen LogP contribution in [0.3, 0.4) is 0 Å². The van der Waals surface area contributed by atoms with Crippen LogP contribution in [0.4, 0.5) is 29.3 Å². The lowest BCUT2D eigenvalue weighted by atomic mass is 10.2. The number of alkyl halides is 3. The Morgan fingerprint density at radius 1 is 1.15 bits per heavy atom. The number of hydrogen-bond acceptors (Lipinski definition) is 4. The summed E-state index contributed by atoms with van der Waals surface area (Å²) < 4.78 is 38.1. The number of halogens is 4. The van der Waals surface area contributed by atoms with E-state index < -0.39 is 17.4 Å². The molecule has 2 aromatic rings. The molecule has 2 aromatic carbocycles. The summed E-state index contributed by atoms with van der Waals surface area (Å²) in [5.74, 6) is -0.613. The zero-order valence-electron chi connectivity index (χ0n) is 12.7. The molecule has 0 saturated carbocycles. The molecule has 26 heavy (non-hydrogen) atoms. The van der Waals surface area contributed by atoms with E-state index in [1.807, 2.05) is 0 Å². The lowest BCUT2D eigenvalue weighted by molar-refractivity contribution is -0.0328. The maximum absolute atomic E-state index is 12.4. The van der Waals surface area contributed by atoms with Crippen molar-refractivity contribution in [2.24, 2.45) is 5.73 Å². The summed E-state index contributed by atoms with van der Waals surface area (Å²) in [6.45, 7) is 0. The van der Waals surface area contributed by atoms with E-state index >= 15 is 0 Å². The Labute approximate surface area is 161 Å². The number of benzene rings is 2. The first-order chi connectivity index (χ1) is 12.1. The number of thiol groups is 1. The number of nitrogens with two attached hydrogens (primary N) is 1. The quantitative estimate of drug-likeness (QED) is 0.483. The van der Waals surface area contributed by atoms with Gasteiger partial charge in [-0.3, -0.25) is 4.79 Å². The lowest BCUT2D eigenvalue weighted by Crippen LogP contribution is -2.26. The molecule has 0 saturated heterocycles. The largest absolute Gasteiger partial charge is 0.446 e. The zero-order chi connectivity index (χ0) is 19.5. The summed E-state index contributed by atoms with van der Waals surface area (Å²) in [7, 11) is 0. The van der Waals surface area contributed by atoms with E-state index in [4.69, 9.17) is 17.3 Å². The van der Waals surface area contributed by atoms with Crippen LogP contribution >= 0.6 is 36.2 Å². The molecule has 0 bridgehead atoms. The Bertz CT molecular complexity index is 832. The number of primary amides is 1. The topological polar surface area (TPSA) is 75.4 Å². The molecule has 0 aromatic heterocycles. The van der Waals surface area contributed by atoms with Gasteiger partial charge in [-0.2, -0.15) is 13.2 Å². The van der Waals surface area contributed by atoms with Crippen molar-refractivity contribution in [3.05, 3.63) is 53.1 Å². The number of nitrogens with one attached hydrogen (secondary N) is 1. The highest BCUT2D eigenvalue weighted by Crippen LogP contribution is 2.41. The third-order valence-corrected chi connectivity index (χ3v) is 4.64. The Morgan fingerprint density at radius 3 is 2.27 bits per heavy atom. The Kier molecular flexibility index (Phi) is 6.32. The third-order valence-electron chi connectivity index (χ3n) is 3.00. The smallest absolute Gasteiger partial charge is 0.366 e. The molecule has 0 aliphatic carbocycles. The van der Waals surface area contributed by atoms with E-state index in [1.165, 1.54) is 36.4 Å². The number of rotatable bonds is 4. The van der Waals surface area contributed by atoms with E-state index in [2.05, 4.69) is 18.1 Å². The zero-order valence-corrected chi connectivity index (χ0v) is 15.2. The number of hydrogen-bond donors (Lipinski definition) is 3. The Morgan fingerprint density at radius 2 is 1.77 bits per heavy atom. The number of urea groups is 1. The molecule has 0 atom stereocenters. The summed E-state index contributed by atoms with van der Waals surface area (Å²) in [5, 5.41) is 2.30. The van der Waals surface area contributed by atoms with Crippen molar-refractivity contribution in [3.8, 4) is 0 Å². The van der Waals surface area contributed by atoms with Gasteiger partial charge in [-0.25, -0.2) is 9.10 Å². The number of anilines is 2. The minimum Gasteiger partial charge on any atom is -0.366 e. The standard InChI is InChI=1S/C15H11ClF3N3O2S2/c16-11-7-9(3-6-12(11)26-15(17,18)19)21-14(24)22(25)10-4-1-8(2-5-10)13(20)23/h1-7,25H,(H2,20,23)(H,21,24). The molecule has 5 nitrogen and oxygen atoms in total. The minimum atomic E-state index is -4.46. The molecule has 0 radical (unpaired) electrons. The van der Waals surface area contributed by atoms with Gasteiger partial charge in [-0.05, 0) is 54.2 Å². The van der Waals surface area contributed by atoms with E-state index in [0.29, 0.717) is 5.69 Å². The van der Waals surface area contributed by atoms with E-state index in [0.717, 1.165) is 10.4 Å². The van der Waals surface area contributed by atoms with Gasteiger partial charge in [0.2, 0.25) is 5.91 Å². The van der Waals surface area contributed by atoms with Gasteiger partial charge in [-0.15, -0.1) is 0 Å². The first-order valence-corrected chi connectivity index (χ1v) is 8.41. The van der Waals surface area contributed by atoms with Gasteiger partial charge in [0.25, 0.3) is 0 Å². The molecule has 0 spiro atoms. The van der Waals surface area contributed by atoms with Crippen molar-refractivity contribution in [3.63, 3.8) is 0 Å². The van der Waals surface area contributed by atoms with E-state index in [-0.39, 0.29) is 32.9 Å². The normalized spacial score (nSPS) is 11.1. The highest BCUT2D eigenvalue weighted by molar-refractivity contribution is 8.00. The molecule has 3 amide bonds. The highest BCUT2D eigenvalue weighted by Gasteiger charge is 2.30. The average molecular weight is 422 g/mol. The number of carbonyl (C=O) groups is 2. The van der Waals surface area contributed by atoms with Gasteiger partial charge in [0.05, 0.1) is 10.7 Å². The van der Waals surface area contributed by atoms with Gasteiger partial charge in [0.1, 0.15) is 0 Å². The van der Waals surface area contributed by atoms with Crippen LogP contribution in [-0.4, -0.2) is 17.4 Å². The predicted molar refractivity (Wildman–Crippen MR) is 98.8 cm³/mol. The molecule has 11 heteroatoms. The molecule has 2 rings (SSSR count). The number of amides is 3. The summed E-state index contributed by atoms with van der Waals surface area (Å²) >= 11 is 9.52. The van der Waals surface area contributed by atoms with Crippen LogP contribution in [0.25, 0.3) is 0 Å². The molecular weight excluding hydrogens is 411 g/mol. The molecule has 0 aliphatic heterocycles. The molecule has 0 aliphatic rings. The van der Waals surface area contributed by atoms with Gasteiger partial charge in [0.15, 0.2) is 0 Å². The lowest BCUT2D eigenvalue weighted by Gasteiger charge is -2.17. The van der Waals surface area contributed by atoms with Crippen LogP contribution in [0.2, 0.25) is 5.02 Å². The average Bonchev–Trinajstić information content (AvgIpc) is 2.55. The summed E-state index contributed by atoms with van der Waals surface area (Å²) in [6, 6.07) is 8.74.